The first-order valence-corrected chi connectivity index (χ1v) is 8.72. The number of hydrogen-bond donors (Lipinski definition) is 2. The van der Waals surface area contributed by atoms with Gasteiger partial charge in [-0.15, -0.1) is 0 Å². The fourth-order valence-corrected chi connectivity index (χ4v) is 3.18. The smallest absolute Gasteiger partial charge is 0.247 e. The minimum absolute atomic E-state index is 0.360. The first-order chi connectivity index (χ1) is 10.3. The van der Waals surface area contributed by atoms with Crippen molar-refractivity contribution in [3.8, 4) is 11.1 Å². The van der Waals surface area contributed by atoms with E-state index in [2.05, 4.69) is 10.0 Å². The third kappa shape index (κ3) is 2.88. The molecule has 0 radical (unpaired) electrons. The van der Waals surface area contributed by atoms with E-state index >= 15 is 0 Å². The van der Waals surface area contributed by atoms with E-state index in [1.54, 1.807) is 6.07 Å². The number of anilines is 1. The number of fused-ring (bicyclic) bond motifs is 1. The molecule has 1 aliphatic rings. The summed E-state index contributed by atoms with van der Waals surface area (Å²) >= 11 is 0. The van der Waals surface area contributed by atoms with Gasteiger partial charge in [0.05, 0.1) is 6.26 Å². The third-order valence-corrected chi connectivity index (χ3v) is 4.26. The van der Waals surface area contributed by atoms with Gasteiger partial charge in [0.15, 0.2) is 0 Å². The molecule has 1 amide bonds. The molecule has 22 heavy (non-hydrogen) atoms. The summed E-state index contributed by atoms with van der Waals surface area (Å²) in [5.74, 6) is -0.360. The van der Waals surface area contributed by atoms with Crippen molar-refractivity contribution in [2.24, 2.45) is 0 Å². The number of sulfonamides is 1. The minimum atomic E-state index is -3.48. The van der Waals surface area contributed by atoms with Crippen molar-refractivity contribution in [3.63, 3.8) is 0 Å². The van der Waals surface area contributed by atoms with E-state index in [0.717, 1.165) is 17.4 Å². The molecule has 0 aliphatic carbocycles. The van der Waals surface area contributed by atoms with Crippen LogP contribution in [0.25, 0.3) is 11.1 Å². The zero-order valence-corrected chi connectivity index (χ0v) is 13.1. The highest BCUT2D eigenvalue weighted by Gasteiger charge is 2.32. The van der Waals surface area contributed by atoms with Crippen molar-refractivity contribution in [2.45, 2.75) is 13.0 Å². The van der Waals surface area contributed by atoms with Gasteiger partial charge in [-0.05, 0) is 30.2 Å². The maximum Gasteiger partial charge on any atom is 0.247 e. The molecule has 0 aromatic heterocycles. The van der Waals surface area contributed by atoms with E-state index in [1.807, 2.05) is 43.3 Å². The number of rotatable bonds is 3. The Bertz CT molecular complexity index is 842. The number of amides is 1. The average Bonchev–Trinajstić information content (AvgIpc) is 2.74. The van der Waals surface area contributed by atoms with Crippen LogP contribution < -0.4 is 10.0 Å². The standard InChI is InChI=1S/C16H16N2O3S/c1-10-3-5-11(6-4-10)12-7-8-14-13(9-12)15(16(19)17-14)18-22(2,20)21/h3-9,15,18H,1-2H3,(H,17,19). The zero-order valence-electron chi connectivity index (χ0n) is 12.3. The van der Waals surface area contributed by atoms with E-state index in [1.165, 1.54) is 5.56 Å². The molecule has 0 bridgehead atoms. The second kappa shape index (κ2) is 5.23. The molecule has 2 aromatic carbocycles. The van der Waals surface area contributed by atoms with Crippen LogP contribution in [0, 0.1) is 6.92 Å². The van der Waals surface area contributed by atoms with Gasteiger partial charge >= 0.3 is 0 Å². The first-order valence-electron chi connectivity index (χ1n) is 6.83. The second-order valence-electron chi connectivity index (χ2n) is 5.48. The third-order valence-electron chi connectivity index (χ3n) is 3.60. The highest BCUT2D eigenvalue weighted by molar-refractivity contribution is 7.88. The first kappa shape index (κ1) is 14.7. The maximum atomic E-state index is 12.0. The lowest BCUT2D eigenvalue weighted by molar-refractivity contribution is -0.117. The highest BCUT2D eigenvalue weighted by atomic mass is 32.2. The Morgan fingerprint density at radius 1 is 1.05 bits per heavy atom. The summed E-state index contributed by atoms with van der Waals surface area (Å²) in [6, 6.07) is 12.7. The van der Waals surface area contributed by atoms with Gasteiger partial charge in [-0.1, -0.05) is 35.9 Å². The summed E-state index contributed by atoms with van der Waals surface area (Å²) in [7, 11) is -3.48. The summed E-state index contributed by atoms with van der Waals surface area (Å²) in [4.78, 5) is 12.0. The summed E-state index contributed by atoms with van der Waals surface area (Å²) < 4.78 is 25.3. The monoisotopic (exact) mass is 316 g/mol. The average molecular weight is 316 g/mol. The van der Waals surface area contributed by atoms with Gasteiger partial charge in [0, 0.05) is 11.3 Å². The van der Waals surface area contributed by atoms with Gasteiger partial charge in [-0.25, -0.2) is 8.42 Å². The Kier molecular flexibility index (Phi) is 3.50. The summed E-state index contributed by atoms with van der Waals surface area (Å²) in [5.41, 5.74) is 4.41. The molecule has 1 atom stereocenters. The Morgan fingerprint density at radius 3 is 2.32 bits per heavy atom. The van der Waals surface area contributed by atoms with Gasteiger partial charge in [-0.3, -0.25) is 4.79 Å². The van der Waals surface area contributed by atoms with Crippen LogP contribution >= 0.6 is 0 Å². The van der Waals surface area contributed by atoms with E-state index < -0.39 is 16.1 Å². The van der Waals surface area contributed by atoms with Crippen LogP contribution in [0.3, 0.4) is 0 Å². The van der Waals surface area contributed by atoms with E-state index in [-0.39, 0.29) is 5.91 Å². The lowest BCUT2D eigenvalue weighted by Crippen LogP contribution is -2.31. The molecular formula is C16H16N2O3S. The molecule has 2 N–H and O–H groups in total. The van der Waals surface area contributed by atoms with E-state index in [4.69, 9.17) is 0 Å². The summed E-state index contributed by atoms with van der Waals surface area (Å²) in [6.07, 6.45) is 1.04. The molecule has 0 saturated carbocycles. The van der Waals surface area contributed by atoms with Crippen LogP contribution in [-0.4, -0.2) is 20.6 Å². The van der Waals surface area contributed by atoms with Crippen LogP contribution in [0.15, 0.2) is 42.5 Å². The molecule has 114 valence electrons. The zero-order chi connectivity index (χ0) is 15.9. The molecule has 0 spiro atoms. The lowest BCUT2D eigenvalue weighted by Gasteiger charge is -2.11. The number of hydrogen-bond acceptors (Lipinski definition) is 3. The Hall–Kier alpha value is -2.18. The van der Waals surface area contributed by atoms with Crippen molar-refractivity contribution >= 4 is 21.6 Å². The largest absolute Gasteiger partial charge is 0.324 e. The number of carbonyl (C=O) groups is 1. The van der Waals surface area contributed by atoms with Crippen LogP contribution in [0.2, 0.25) is 0 Å². The van der Waals surface area contributed by atoms with Crippen molar-refractivity contribution in [2.75, 3.05) is 11.6 Å². The Labute approximate surface area is 129 Å². The van der Waals surface area contributed by atoms with Crippen LogP contribution in [-0.2, 0) is 14.8 Å². The molecule has 0 fully saturated rings. The van der Waals surface area contributed by atoms with Gasteiger partial charge < -0.3 is 5.32 Å². The van der Waals surface area contributed by atoms with Gasteiger partial charge in [0.1, 0.15) is 6.04 Å². The van der Waals surface area contributed by atoms with Crippen molar-refractivity contribution < 1.29 is 13.2 Å². The molecule has 5 nitrogen and oxygen atoms in total. The second-order valence-corrected chi connectivity index (χ2v) is 7.26. The minimum Gasteiger partial charge on any atom is -0.324 e. The van der Waals surface area contributed by atoms with E-state index in [0.29, 0.717) is 11.3 Å². The van der Waals surface area contributed by atoms with Crippen LogP contribution in [0.1, 0.15) is 17.2 Å². The van der Waals surface area contributed by atoms with Crippen molar-refractivity contribution in [3.05, 3.63) is 53.6 Å². The summed E-state index contributed by atoms with van der Waals surface area (Å²) in [6.45, 7) is 2.01. The predicted molar refractivity (Wildman–Crippen MR) is 86.0 cm³/mol. The molecule has 3 rings (SSSR count). The molecule has 1 unspecified atom stereocenters. The highest BCUT2D eigenvalue weighted by Crippen LogP contribution is 2.34. The predicted octanol–water partition coefficient (Wildman–Crippen LogP) is 2.20. The van der Waals surface area contributed by atoms with Gasteiger partial charge in [0.2, 0.25) is 15.9 Å². The Balaban J connectivity index is 2.02. The van der Waals surface area contributed by atoms with Gasteiger partial charge in [-0.2, -0.15) is 4.72 Å². The molecule has 2 aromatic rings. The molecule has 0 saturated heterocycles. The van der Waals surface area contributed by atoms with Crippen molar-refractivity contribution in [1.29, 1.82) is 0 Å². The fourth-order valence-electron chi connectivity index (χ4n) is 2.52. The number of carbonyl (C=O) groups excluding carboxylic acids is 1. The topological polar surface area (TPSA) is 75.3 Å². The fraction of sp³-hybridized carbons (Fsp3) is 0.188. The molecular weight excluding hydrogens is 300 g/mol. The molecule has 1 aliphatic heterocycles. The van der Waals surface area contributed by atoms with Crippen molar-refractivity contribution in [1.82, 2.24) is 4.72 Å². The number of aryl methyl sites for hydroxylation is 1. The van der Waals surface area contributed by atoms with E-state index in [9.17, 15) is 13.2 Å². The SMILES string of the molecule is Cc1ccc(-c2ccc3c(c2)C(NS(C)(=O)=O)C(=O)N3)cc1. The normalized spacial score (nSPS) is 17.2. The Morgan fingerprint density at radius 2 is 1.68 bits per heavy atom. The maximum absolute atomic E-state index is 12.0. The molecule has 1 heterocycles. The molecule has 6 heteroatoms. The lowest BCUT2D eigenvalue weighted by atomic mass is 9.99. The number of nitrogens with one attached hydrogen (secondary N) is 2. The summed E-state index contributed by atoms with van der Waals surface area (Å²) in [5, 5.41) is 2.69. The number of benzene rings is 2. The van der Waals surface area contributed by atoms with Gasteiger partial charge in [0.25, 0.3) is 0 Å². The van der Waals surface area contributed by atoms with Crippen LogP contribution in [0.5, 0.6) is 0 Å². The van der Waals surface area contributed by atoms with Crippen LogP contribution in [0.4, 0.5) is 5.69 Å². The quantitative estimate of drug-likeness (QED) is 0.911.